The molecular weight excluding hydrogens is 288 g/mol. The Morgan fingerprint density at radius 1 is 1.22 bits per heavy atom. The number of rotatable bonds is 3. The summed E-state index contributed by atoms with van der Waals surface area (Å²) in [7, 11) is 0. The molecule has 122 valence electrons. The lowest BCUT2D eigenvalue weighted by Gasteiger charge is -2.30. The number of aromatic amines is 1. The molecule has 0 spiro atoms. The summed E-state index contributed by atoms with van der Waals surface area (Å²) in [5, 5.41) is 0. The van der Waals surface area contributed by atoms with E-state index in [0.29, 0.717) is 11.5 Å². The summed E-state index contributed by atoms with van der Waals surface area (Å²) in [6.45, 7) is 2.24. The first-order valence-corrected chi connectivity index (χ1v) is 8.75. The van der Waals surface area contributed by atoms with Crippen LogP contribution in [0.15, 0.2) is 18.2 Å². The summed E-state index contributed by atoms with van der Waals surface area (Å²) >= 11 is 0. The van der Waals surface area contributed by atoms with Gasteiger partial charge in [0.1, 0.15) is 5.82 Å². The van der Waals surface area contributed by atoms with Gasteiger partial charge >= 0.3 is 0 Å². The van der Waals surface area contributed by atoms with E-state index in [0.717, 1.165) is 42.4 Å². The van der Waals surface area contributed by atoms with Gasteiger partial charge in [-0.2, -0.15) is 0 Å². The summed E-state index contributed by atoms with van der Waals surface area (Å²) in [4.78, 5) is 22.3. The summed E-state index contributed by atoms with van der Waals surface area (Å²) in [6, 6.07) is 6.31. The Balaban J connectivity index is 1.55. The number of nitrogens with two attached hydrogens (primary N) is 1. The zero-order chi connectivity index (χ0) is 15.8. The van der Waals surface area contributed by atoms with Gasteiger partial charge in [-0.1, -0.05) is 25.3 Å². The molecule has 1 saturated heterocycles. The number of amides is 1. The monoisotopic (exact) mass is 312 g/mol. The Morgan fingerprint density at radius 2 is 2.04 bits per heavy atom. The number of aromatic nitrogens is 2. The van der Waals surface area contributed by atoms with Crippen LogP contribution in [0.5, 0.6) is 0 Å². The highest BCUT2D eigenvalue weighted by atomic mass is 16.1. The van der Waals surface area contributed by atoms with E-state index in [2.05, 4.69) is 9.88 Å². The first kappa shape index (κ1) is 14.7. The molecule has 1 aliphatic carbocycles. The smallest absolute Gasteiger partial charge is 0.250 e. The first-order valence-electron chi connectivity index (χ1n) is 8.75. The second-order valence-corrected chi connectivity index (χ2v) is 6.96. The third-order valence-electron chi connectivity index (χ3n) is 5.50. The second kappa shape index (κ2) is 5.96. The molecule has 1 aromatic carbocycles. The quantitative estimate of drug-likeness (QED) is 0.915. The lowest BCUT2D eigenvalue weighted by Crippen LogP contribution is -2.34. The van der Waals surface area contributed by atoms with Crippen molar-refractivity contribution >= 4 is 16.9 Å². The number of para-hydroxylation sites is 1. The molecule has 1 saturated carbocycles. The number of nitrogens with zero attached hydrogens (tertiary/aromatic N) is 2. The Morgan fingerprint density at radius 3 is 2.83 bits per heavy atom. The molecule has 1 atom stereocenters. The molecule has 0 radical (unpaired) electrons. The van der Waals surface area contributed by atoms with E-state index < -0.39 is 5.91 Å². The van der Waals surface area contributed by atoms with Crippen LogP contribution in [0, 0.1) is 0 Å². The molecule has 3 N–H and O–H groups in total. The lowest BCUT2D eigenvalue weighted by atomic mass is 9.94. The number of primary amides is 1. The highest BCUT2D eigenvalue weighted by Crippen LogP contribution is 2.32. The first-order chi connectivity index (χ1) is 11.2. The van der Waals surface area contributed by atoms with Gasteiger partial charge in [-0.25, -0.2) is 4.98 Å². The highest BCUT2D eigenvalue weighted by Gasteiger charge is 2.31. The highest BCUT2D eigenvalue weighted by molar-refractivity contribution is 6.04. The van der Waals surface area contributed by atoms with Gasteiger partial charge in [0.25, 0.3) is 5.91 Å². The fraction of sp³-hybridized carbons (Fsp3) is 0.556. The van der Waals surface area contributed by atoms with Crippen LogP contribution in [0.2, 0.25) is 0 Å². The van der Waals surface area contributed by atoms with Crippen molar-refractivity contribution in [3.63, 3.8) is 0 Å². The van der Waals surface area contributed by atoms with E-state index in [1.54, 1.807) is 6.07 Å². The van der Waals surface area contributed by atoms with Crippen LogP contribution in [0.4, 0.5) is 0 Å². The van der Waals surface area contributed by atoms with Gasteiger partial charge in [-0.3, -0.25) is 9.69 Å². The van der Waals surface area contributed by atoms with Gasteiger partial charge < -0.3 is 10.7 Å². The number of H-pyrrole nitrogens is 1. The second-order valence-electron chi connectivity index (χ2n) is 6.96. The van der Waals surface area contributed by atoms with Gasteiger partial charge in [0.05, 0.1) is 16.6 Å². The van der Waals surface area contributed by atoms with Crippen LogP contribution >= 0.6 is 0 Å². The predicted molar refractivity (Wildman–Crippen MR) is 90.4 cm³/mol. The number of benzene rings is 1. The molecule has 2 fully saturated rings. The maximum Gasteiger partial charge on any atom is 0.250 e. The molecule has 5 heteroatoms. The summed E-state index contributed by atoms with van der Waals surface area (Å²) in [5.74, 6) is 1.04. The van der Waals surface area contributed by atoms with Crippen molar-refractivity contribution in [2.45, 2.75) is 50.5 Å². The van der Waals surface area contributed by atoms with E-state index >= 15 is 0 Å². The van der Waals surface area contributed by atoms with Gasteiger partial charge in [-0.15, -0.1) is 0 Å². The van der Waals surface area contributed by atoms with Crippen molar-refractivity contribution in [2.75, 3.05) is 13.1 Å². The maximum atomic E-state index is 11.6. The fourth-order valence-electron chi connectivity index (χ4n) is 4.24. The van der Waals surface area contributed by atoms with Crippen molar-refractivity contribution in [1.82, 2.24) is 14.9 Å². The van der Waals surface area contributed by atoms with Crippen molar-refractivity contribution in [3.8, 4) is 0 Å². The van der Waals surface area contributed by atoms with E-state index in [9.17, 15) is 4.79 Å². The zero-order valence-electron chi connectivity index (χ0n) is 13.4. The molecule has 1 aliphatic heterocycles. The molecule has 23 heavy (non-hydrogen) atoms. The average molecular weight is 312 g/mol. The molecule has 2 aliphatic rings. The Bertz CT molecular complexity index is 717. The normalized spacial score (nSPS) is 23.6. The number of hydrogen-bond donors (Lipinski definition) is 2. The summed E-state index contributed by atoms with van der Waals surface area (Å²) in [6.07, 6.45) is 7.98. The molecule has 2 heterocycles. The Labute approximate surface area is 136 Å². The van der Waals surface area contributed by atoms with Gasteiger partial charge in [0.15, 0.2) is 0 Å². The number of carbonyl (C=O) groups excluding carboxylic acids is 1. The Hall–Kier alpha value is -1.88. The van der Waals surface area contributed by atoms with E-state index in [1.807, 2.05) is 12.1 Å². The van der Waals surface area contributed by atoms with Gasteiger partial charge in [0, 0.05) is 18.5 Å². The summed E-state index contributed by atoms with van der Waals surface area (Å²) < 4.78 is 0. The average Bonchev–Trinajstić information content (AvgIpc) is 3.21. The van der Waals surface area contributed by atoms with Gasteiger partial charge in [-0.05, 0) is 37.9 Å². The van der Waals surface area contributed by atoms with E-state index in [-0.39, 0.29) is 0 Å². The Kier molecular flexibility index (Phi) is 3.81. The number of carbonyl (C=O) groups is 1. The lowest BCUT2D eigenvalue weighted by molar-refractivity contribution is 0.100. The molecular formula is C18H24N4O. The van der Waals surface area contributed by atoms with Crippen molar-refractivity contribution < 1.29 is 4.79 Å². The van der Waals surface area contributed by atoms with Crippen molar-refractivity contribution in [3.05, 3.63) is 29.6 Å². The molecule has 1 unspecified atom stereocenters. The number of imidazole rings is 1. The van der Waals surface area contributed by atoms with Crippen molar-refractivity contribution in [1.29, 1.82) is 0 Å². The fourth-order valence-corrected chi connectivity index (χ4v) is 4.24. The van der Waals surface area contributed by atoms with Gasteiger partial charge in [0.2, 0.25) is 0 Å². The summed E-state index contributed by atoms with van der Waals surface area (Å²) in [5.41, 5.74) is 7.62. The van der Waals surface area contributed by atoms with Crippen LogP contribution in [0.1, 0.15) is 60.6 Å². The third kappa shape index (κ3) is 2.74. The molecule has 2 aromatic rings. The predicted octanol–water partition coefficient (Wildman–Crippen LogP) is 2.78. The van der Waals surface area contributed by atoms with Crippen LogP contribution in [-0.4, -0.2) is 39.9 Å². The maximum absolute atomic E-state index is 11.6. The number of nitrogens with one attached hydrogen (secondary N) is 1. The molecule has 4 rings (SSSR count). The van der Waals surface area contributed by atoms with Crippen LogP contribution in [0.25, 0.3) is 11.0 Å². The number of hydrogen-bond acceptors (Lipinski definition) is 3. The zero-order valence-corrected chi connectivity index (χ0v) is 13.4. The number of likely N-dealkylation sites (tertiary alicyclic amines) is 1. The third-order valence-corrected chi connectivity index (χ3v) is 5.50. The minimum atomic E-state index is -0.402. The molecule has 1 amide bonds. The topological polar surface area (TPSA) is 75.0 Å². The van der Waals surface area contributed by atoms with Crippen LogP contribution in [-0.2, 0) is 0 Å². The van der Waals surface area contributed by atoms with Crippen LogP contribution in [0.3, 0.4) is 0 Å². The standard InChI is InChI=1S/C18H24N4O/c19-17(23)14-7-4-8-15-16(14)21-18(20-15)12-9-10-22(11-12)13-5-2-1-3-6-13/h4,7-8,12-13H,1-3,5-6,9-11H2,(H2,19,23)(H,20,21). The van der Waals surface area contributed by atoms with Crippen molar-refractivity contribution in [2.24, 2.45) is 5.73 Å². The molecule has 5 nitrogen and oxygen atoms in total. The molecule has 0 bridgehead atoms. The van der Waals surface area contributed by atoms with E-state index in [4.69, 9.17) is 10.7 Å². The molecule has 1 aromatic heterocycles. The van der Waals surface area contributed by atoms with E-state index in [1.165, 1.54) is 32.1 Å². The minimum absolute atomic E-state index is 0.402. The largest absolute Gasteiger partial charge is 0.366 e. The minimum Gasteiger partial charge on any atom is -0.366 e. The van der Waals surface area contributed by atoms with Crippen LogP contribution < -0.4 is 5.73 Å². The number of fused-ring (bicyclic) bond motifs is 1. The SMILES string of the molecule is NC(=O)c1cccc2nc(C3CCN(C4CCCCC4)C3)[nH]c12.